The number of rotatable bonds is 5. The van der Waals surface area contributed by atoms with Crippen molar-refractivity contribution in [1.82, 2.24) is 4.90 Å². The number of hydrogen-bond donors (Lipinski definition) is 0. The number of furan rings is 1. The minimum Gasteiger partial charge on any atom is -0.464 e. The van der Waals surface area contributed by atoms with Crippen LogP contribution in [0.15, 0.2) is 65.3 Å². The van der Waals surface area contributed by atoms with E-state index in [1.165, 1.54) is 10.9 Å². The summed E-state index contributed by atoms with van der Waals surface area (Å²) < 4.78 is 5.58. The molecule has 1 aromatic heterocycles. The molecule has 0 aliphatic carbocycles. The lowest BCUT2D eigenvalue weighted by molar-refractivity contribution is 0.363. The molecule has 0 amide bonds. The first-order valence-electron chi connectivity index (χ1n) is 7.28. The summed E-state index contributed by atoms with van der Waals surface area (Å²) in [5.74, 6) is 0. The Morgan fingerprint density at radius 3 is 2.86 bits per heavy atom. The fourth-order valence-corrected chi connectivity index (χ4v) is 2.69. The van der Waals surface area contributed by atoms with Gasteiger partial charge in [-0.15, -0.1) is 0 Å². The van der Waals surface area contributed by atoms with E-state index in [2.05, 4.69) is 30.2 Å². The van der Waals surface area contributed by atoms with Gasteiger partial charge in [0.2, 0.25) is 0 Å². The lowest BCUT2D eigenvalue weighted by Crippen LogP contribution is -2.17. The van der Waals surface area contributed by atoms with Crippen LogP contribution in [0.3, 0.4) is 0 Å². The summed E-state index contributed by atoms with van der Waals surface area (Å²) in [6.45, 7) is 1.73. The van der Waals surface area contributed by atoms with Crippen LogP contribution < -0.4 is 0 Å². The topological polar surface area (TPSA) is 16.4 Å². The molecule has 0 N–H and O–H groups in total. The molecule has 0 radical (unpaired) electrons. The quantitative estimate of drug-likeness (QED) is 0.641. The molecule has 3 heteroatoms. The van der Waals surface area contributed by atoms with Crippen LogP contribution in [0.25, 0.3) is 17.0 Å². The van der Waals surface area contributed by atoms with E-state index in [4.69, 9.17) is 16.0 Å². The highest BCUT2D eigenvalue weighted by atomic mass is 35.5. The standard InChI is InChI=1S/C19H18ClNO/c1-21(11-5-7-15-6-4-8-17(20)12-15)13-16-14-22-19-10-3-2-9-18(16)19/h2-10,12,14H,11,13H2,1H3/b7-5+. The summed E-state index contributed by atoms with van der Waals surface area (Å²) in [4.78, 5) is 2.25. The molecule has 3 rings (SSSR count). The van der Waals surface area contributed by atoms with Crippen LogP contribution in [0.5, 0.6) is 0 Å². The van der Waals surface area contributed by atoms with Gasteiger partial charge in [-0.05, 0) is 30.8 Å². The van der Waals surface area contributed by atoms with Crippen molar-refractivity contribution in [2.45, 2.75) is 6.54 Å². The van der Waals surface area contributed by atoms with Gasteiger partial charge in [0.1, 0.15) is 5.58 Å². The van der Waals surface area contributed by atoms with Gasteiger partial charge in [-0.25, -0.2) is 0 Å². The van der Waals surface area contributed by atoms with Crippen LogP contribution in [-0.4, -0.2) is 18.5 Å². The van der Waals surface area contributed by atoms with E-state index in [9.17, 15) is 0 Å². The minimum absolute atomic E-state index is 0.764. The molecule has 0 aliphatic heterocycles. The van der Waals surface area contributed by atoms with Crippen LogP contribution in [0.2, 0.25) is 5.02 Å². The number of fused-ring (bicyclic) bond motifs is 1. The zero-order chi connectivity index (χ0) is 15.4. The van der Waals surface area contributed by atoms with E-state index in [0.717, 1.165) is 29.3 Å². The van der Waals surface area contributed by atoms with Crippen molar-refractivity contribution in [2.24, 2.45) is 0 Å². The third-order valence-electron chi connectivity index (χ3n) is 3.58. The highest BCUT2D eigenvalue weighted by molar-refractivity contribution is 6.30. The zero-order valence-corrected chi connectivity index (χ0v) is 13.3. The van der Waals surface area contributed by atoms with Crippen LogP contribution in [0.4, 0.5) is 0 Å². The molecule has 112 valence electrons. The maximum Gasteiger partial charge on any atom is 0.134 e. The zero-order valence-electron chi connectivity index (χ0n) is 12.5. The summed E-state index contributed by atoms with van der Waals surface area (Å²) in [6.07, 6.45) is 6.09. The fourth-order valence-electron chi connectivity index (χ4n) is 2.49. The molecule has 0 unspecified atom stereocenters. The van der Waals surface area contributed by atoms with E-state index in [1.807, 2.05) is 48.7 Å². The molecule has 0 saturated heterocycles. The Morgan fingerprint density at radius 1 is 1.14 bits per heavy atom. The minimum atomic E-state index is 0.764. The highest BCUT2D eigenvalue weighted by Crippen LogP contribution is 2.21. The Hall–Kier alpha value is -2.03. The average Bonchev–Trinajstić information content (AvgIpc) is 2.91. The first-order valence-corrected chi connectivity index (χ1v) is 7.66. The summed E-state index contributed by atoms with van der Waals surface area (Å²) in [7, 11) is 2.10. The Balaban J connectivity index is 1.62. The van der Waals surface area contributed by atoms with Crippen molar-refractivity contribution >= 4 is 28.6 Å². The molecule has 0 bridgehead atoms. The van der Waals surface area contributed by atoms with Gasteiger partial charge in [0.05, 0.1) is 6.26 Å². The molecule has 2 aromatic carbocycles. The van der Waals surface area contributed by atoms with Gasteiger partial charge in [0.25, 0.3) is 0 Å². The van der Waals surface area contributed by atoms with E-state index in [1.54, 1.807) is 0 Å². The molecule has 0 fully saturated rings. The van der Waals surface area contributed by atoms with Gasteiger partial charge >= 0.3 is 0 Å². The molecular formula is C19H18ClNO. The first-order chi connectivity index (χ1) is 10.7. The second-order valence-electron chi connectivity index (χ2n) is 5.41. The van der Waals surface area contributed by atoms with Crippen molar-refractivity contribution in [3.05, 3.63) is 77.0 Å². The van der Waals surface area contributed by atoms with Crippen LogP contribution >= 0.6 is 11.6 Å². The third-order valence-corrected chi connectivity index (χ3v) is 3.81. The van der Waals surface area contributed by atoms with Crippen molar-refractivity contribution in [1.29, 1.82) is 0 Å². The molecule has 1 heterocycles. The Bertz CT molecular complexity index is 791. The second kappa shape index (κ2) is 6.82. The van der Waals surface area contributed by atoms with E-state index >= 15 is 0 Å². The molecular weight excluding hydrogens is 294 g/mol. The van der Waals surface area contributed by atoms with Gasteiger partial charge in [-0.3, -0.25) is 4.90 Å². The molecule has 3 aromatic rings. The van der Waals surface area contributed by atoms with Crippen molar-refractivity contribution in [3.8, 4) is 0 Å². The van der Waals surface area contributed by atoms with Gasteiger partial charge in [-0.1, -0.05) is 54.1 Å². The largest absolute Gasteiger partial charge is 0.464 e. The normalized spacial score (nSPS) is 11.8. The number of halogens is 1. The van der Waals surface area contributed by atoms with Gasteiger partial charge < -0.3 is 4.42 Å². The predicted octanol–water partition coefficient (Wildman–Crippen LogP) is 5.23. The Morgan fingerprint density at radius 2 is 2.00 bits per heavy atom. The first kappa shape index (κ1) is 14.9. The molecule has 0 spiro atoms. The Labute approximate surface area is 135 Å². The van der Waals surface area contributed by atoms with Crippen LogP contribution in [0, 0.1) is 0 Å². The Kier molecular flexibility index (Phi) is 4.62. The number of nitrogens with zero attached hydrogens (tertiary/aromatic N) is 1. The summed E-state index contributed by atoms with van der Waals surface area (Å²) in [6, 6.07) is 16.0. The van der Waals surface area contributed by atoms with Crippen molar-refractivity contribution < 1.29 is 4.42 Å². The molecule has 2 nitrogen and oxygen atoms in total. The smallest absolute Gasteiger partial charge is 0.134 e. The predicted molar refractivity (Wildman–Crippen MR) is 93.0 cm³/mol. The molecule has 0 atom stereocenters. The van der Waals surface area contributed by atoms with E-state index in [0.29, 0.717) is 0 Å². The number of hydrogen-bond acceptors (Lipinski definition) is 2. The van der Waals surface area contributed by atoms with Crippen LogP contribution in [0.1, 0.15) is 11.1 Å². The molecule has 0 saturated carbocycles. The average molecular weight is 312 g/mol. The van der Waals surface area contributed by atoms with Gasteiger partial charge in [0.15, 0.2) is 0 Å². The number of likely N-dealkylation sites (N-methyl/N-ethyl adjacent to an activating group) is 1. The summed E-state index contributed by atoms with van der Waals surface area (Å²) in [5.41, 5.74) is 3.28. The van der Waals surface area contributed by atoms with Gasteiger partial charge in [-0.2, -0.15) is 0 Å². The SMILES string of the molecule is CN(C/C=C/c1cccc(Cl)c1)Cc1coc2ccccc12. The third kappa shape index (κ3) is 3.59. The maximum atomic E-state index is 5.98. The molecule has 22 heavy (non-hydrogen) atoms. The highest BCUT2D eigenvalue weighted by Gasteiger charge is 2.06. The van der Waals surface area contributed by atoms with E-state index in [-0.39, 0.29) is 0 Å². The number of para-hydroxylation sites is 1. The monoisotopic (exact) mass is 311 g/mol. The summed E-state index contributed by atoms with van der Waals surface area (Å²) in [5, 5.41) is 1.95. The van der Waals surface area contributed by atoms with E-state index < -0.39 is 0 Å². The van der Waals surface area contributed by atoms with Crippen LogP contribution in [-0.2, 0) is 6.54 Å². The lowest BCUT2D eigenvalue weighted by Gasteiger charge is -2.13. The van der Waals surface area contributed by atoms with Crippen molar-refractivity contribution in [2.75, 3.05) is 13.6 Å². The summed E-state index contributed by atoms with van der Waals surface area (Å²) >= 11 is 5.98. The fraction of sp³-hybridized carbons (Fsp3) is 0.158. The van der Waals surface area contributed by atoms with Crippen molar-refractivity contribution in [3.63, 3.8) is 0 Å². The maximum absolute atomic E-state index is 5.98. The van der Waals surface area contributed by atoms with Gasteiger partial charge in [0, 0.05) is 29.1 Å². The molecule has 0 aliphatic rings. The lowest BCUT2D eigenvalue weighted by atomic mass is 10.1. The second-order valence-corrected chi connectivity index (χ2v) is 5.85. The number of benzene rings is 2.